The van der Waals surface area contributed by atoms with Gasteiger partial charge in [-0.25, -0.2) is 23.1 Å². The molecule has 0 aliphatic rings. The number of nitrogens with one attached hydrogen (secondary N) is 2. The fourth-order valence-corrected chi connectivity index (χ4v) is 7.77. The maximum Gasteiger partial charge on any atom is 0.333 e. The molecule has 4 aromatic rings. The molecule has 332 valence electrons. The first-order valence-electron chi connectivity index (χ1n) is 19.0. The number of aromatic nitrogens is 4. The Morgan fingerprint density at radius 3 is 1.43 bits per heavy atom. The van der Waals surface area contributed by atoms with Gasteiger partial charge in [0, 0.05) is 66.2 Å². The van der Waals surface area contributed by atoms with Gasteiger partial charge in [-0.2, -0.15) is 18.6 Å². The fourth-order valence-electron chi connectivity index (χ4n) is 5.84. The molecule has 0 saturated heterocycles. The number of ether oxygens (including phenoxy) is 1. The molecule has 0 atom stereocenters. The number of rotatable bonds is 13. The van der Waals surface area contributed by atoms with Crippen molar-refractivity contribution in [2.45, 2.75) is 102 Å². The highest BCUT2D eigenvalue weighted by Crippen LogP contribution is 2.38. The van der Waals surface area contributed by atoms with E-state index >= 15 is 0 Å². The molecule has 2 heterocycles. The van der Waals surface area contributed by atoms with Gasteiger partial charge in [-0.15, -0.1) is 5.26 Å². The van der Waals surface area contributed by atoms with E-state index in [0.717, 1.165) is 27.9 Å². The van der Waals surface area contributed by atoms with Crippen molar-refractivity contribution in [3.63, 3.8) is 0 Å². The van der Waals surface area contributed by atoms with Crippen LogP contribution in [0, 0.1) is 11.5 Å². The van der Waals surface area contributed by atoms with E-state index in [-0.39, 0.29) is 33.7 Å². The van der Waals surface area contributed by atoms with E-state index in [1.54, 1.807) is 32.5 Å². The number of hydrogen-bond acceptors (Lipinski definition) is 11. The third-order valence-electron chi connectivity index (χ3n) is 8.81. The van der Waals surface area contributed by atoms with Crippen LogP contribution in [0.1, 0.15) is 113 Å². The second-order valence-corrected chi connectivity index (χ2v) is 20.0. The molecule has 4 rings (SSSR count). The van der Waals surface area contributed by atoms with Crippen LogP contribution in [0.4, 0.5) is 10.5 Å². The monoisotopic (exact) mass is 910 g/mol. The van der Waals surface area contributed by atoms with Gasteiger partial charge in [-0.05, 0) is 87.3 Å². The topological polar surface area (TPSA) is 211 Å². The van der Waals surface area contributed by atoms with Crippen molar-refractivity contribution in [3.05, 3.63) is 80.1 Å². The van der Waals surface area contributed by atoms with Gasteiger partial charge in [0.2, 0.25) is 0 Å². The first-order valence-corrected chi connectivity index (χ1v) is 22.8. The molecule has 0 aliphatic heterocycles. The summed E-state index contributed by atoms with van der Waals surface area (Å²) in [7, 11) is 3.06. The van der Waals surface area contributed by atoms with Crippen LogP contribution in [0.3, 0.4) is 0 Å². The van der Waals surface area contributed by atoms with E-state index in [1.165, 1.54) is 21.5 Å². The lowest BCUT2D eigenvalue weighted by atomic mass is 9.92. The molecule has 2 aromatic carbocycles. The van der Waals surface area contributed by atoms with Gasteiger partial charge in [0.25, 0.3) is 26.3 Å². The normalized spacial score (nSPS) is 11.8. The highest BCUT2D eigenvalue weighted by molar-refractivity contribution is 7.90. The number of nitrogens with two attached hydrogens (primary N) is 1. The van der Waals surface area contributed by atoms with E-state index in [4.69, 9.17) is 38.3 Å². The number of carbonyl (C=O) groups excluding carboxylic acids is 1. The Morgan fingerprint density at radius 1 is 0.733 bits per heavy atom. The highest BCUT2D eigenvalue weighted by Gasteiger charge is 2.25. The molecule has 0 radical (unpaired) electrons. The van der Waals surface area contributed by atoms with Gasteiger partial charge >= 0.3 is 6.03 Å². The lowest BCUT2D eigenvalue weighted by molar-refractivity contribution is 0.256. The lowest BCUT2D eigenvalue weighted by Crippen LogP contribution is -2.35. The van der Waals surface area contributed by atoms with Crippen LogP contribution < -0.4 is 19.9 Å². The molecular weight excluding hydrogens is 852 g/mol. The molecule has 0 spiro atoms. The molecule has 0 aliphatic carbocycles. The number of primary sulfonamides is 1. The quantitative estimate of drug-likeness (QED) is 0.112. The van der Waals surface area contributed by atoms with Crippen molar-refractivity contribution < 1.29 is 26.4 Å². The summed E-state index contributed by atoms with van der Waals surface area (Å²) in [6, 6.07) is 9.39. The number of nitrogens with zero attached hydrogens (tertiary/aromatic N) is 7. The van der Waals surface area contributed by atoms with Crippen LogP contribution in [0.2, 0.25) is 10.0 Å². The largest absolute Gasteiger partial charge is 0.387 e. The van der Waals surface area contributed by atoms with Crippen LogP contribution in [0.5, 0.6) is 5.75 Å². The number of carbonyl (C=O) groups is 1. The zero-order chi connectivity index (χ0) is 46.0. The number of hydrogen-bond donors (Lipinski definition) is 3. The maximum absolute atomic E-state index is 12.7. The maximum atomic E-state index is 12.7. The lowest BCUT2D eigenvalue weighted by Gasteiger charge is -2.21. The predicted molar refractivity (Wildman–Crippen MR) is 237 cm³/mol. The second kappa shape index (κ2) is 22.0. The minimum atomic E-state index is -4.13. The Bertz CT molecular complexity index is 2310. The van der Waals surface area contributed by atoms with E-state index in [2.05, 4.69) is 47.9 Å². The molecule has 4 N–H and O–H groups in total. The third-order valence-corrected chi connectivity index (χ3v) is 11.2. The average Bonchev–Trinajstić information content (AvgIpc) is 3.67. The number of amides is 2. The number of sulfonamides is 2. The van der Waals surface area contributed by atoms with Crippen molar-refractivity contribution in [1.82, 2.24) is 34.1 Å². The molecule has 0 saturated carbocycles. The molecule has 0 bridgehead atoms. The Kier molecular flexibility index (Phi) is 19.1. The van der Waals surface area contributed by atoms with E-state index < -0.39 is 26.1 Å². The standard InChI is InChI=1S/C20H30ClN5O3S.C13H16ClNO.C7H14N4O2S/c1-12(2)16-8-14(21)9-17(13(3)4)19(16)22-20(27)24-30(28,29)18-10-15(11-25(5)6)26(7)23-18;1-8(2)11-5-10(14)6-12(9(3)4)13(11)16-7-15;1-10(2)5-6-4-7(9-11(6)3)14(8,12)13/h8-10,12-13H,11H2,1-7H3,(H2,22,24,27);5-6,8-9H,1-4H3;4H,5H2,1-3H3,(H2,8,12,13). The van der Waals surface area contributed by atoms with Crippen molar-refractivity contribution in [3.8, 4) is 12.0 Å². The van der Waals surface area contributed by atoms with Gasteiger partial charge in [0.05, 0.1) is 11.4 Å². The summed E-state index contributed by atoms with van der Waals surface area (Å²) in [6.07, 6.45) is 1.75. The average molecular weight is 912 g/mol. The summed E-state index contributed by atoms with van der Waals surface area (Å²) >= 11 is 12.3. The Balaban J connectivity index is 0.000000346. The Labute approximate surface area is 366 Å². The summed E-state index contributed by atoms with van der Waals surface area (Å²) < 4.78 is 57.5. The molecule has 2 amide bonds. The van der Waals surface area contributed by atoms with E-state index in [9.17, 15) is 21.6 Å². The number of urea groups is 1. The van der Waals surface area contributed by atoms with E-state index in [0.29, 0.717) is 40.3 Å². The minimum Gasteiger partial charge on any atom is -0.387 e. The second-order valence-electron chi connectivity index (χ2n) is 16.0. The van der Waals surface area contributed by atoms with Gasteiger partial charge in [0.1, 0.15) is 5.75 Å². The molecule has 60 heavy (non-hydrogen) atoms. The minimum absolute atomic E-state index is 0.0810. The summed E-state index contributed by atoms with van der Waals surface area (Å²) in [5.74, 6) is 1.38. The zero-order valence-corrected chi connectivity index (χ0v) is 40.1. The smallest absolute Gasteiger partial charge is 0.333 e. The van der Waals surface area contributed by atoms with Crippen LogP contribution in [-0.4, -0.2) is 80.4 Å². The fraction of sp³-hybridized carbons (Fsp3) is 0.500. The van der Waals surface area contributed by atoms with E-state index in [1.807, 2.05) is 77.8 Å². The number of nitriles is 1. The van der Waals surface area contributed by atoms with Crippen LogP contribution in [0.15, 0.2) is 46.5 Å². The van der Waals surface area contributed by atoms with Gasteiger partial charge in [0.15, 0.2) is 10.1 Å². The third kappa shape index (κ3) is 15.0. The van der Waals surface area contributed by atoms with Crippen molar-refractivity contribution >= 4 is 55.0 Å². The SMILES string of the molecule is CC(C)c1cc(Cl)cc(C(C)C)c1NC(=O)NS(=O)(=O)c1cc(CN(C)C)n(C)n1.CC(C)c1cc(Cl)cc(C(C)C)c1OC#N.CN(C)Cc1cc(S(N)(=O)=O)nn1C. The van der Waals surface area contributed by atoms with Gasteiger partial charge in [-0.3, -0.25) is 9.36 Å². The van der Waals surface area contributed by atoms with Crippen molar-refractivity contribution in [2.75, 3.05) is 33.5 Å². The Morgan fingerprint density at radius 2 is 1.10 bits per heavy atom. The Hall–Kier alpha value is -4.22. The number of anilines is 1. The van der Waals surface area contributed by atoms with Crippen LogP contribution in [-0.2, 0) is 47.2 Å². The molecule has 20 heteroatoms. The highest BCUT2D eigenvalue weighted by atomic mass is 35.5. The van der Waals surface area contributed by atoms with Gasteiger partial charge in [-0.1, -0.05) is 78.6 Å². The molecule has 0 unspecified atom stereocenters. The summed E-state index contributed by atoms with van der Waals surface area (Å²) in [5, 5.41) is 25.2. The zero-order valence-electron chi connectivity index (χ0n) is 36.9. The van der Waals surface area contributed by atoms with Crippen molar-refractivity contribution in [1.29, 1.82) is 5.26 Å². The summed E-state index contributed by atoms with van der Waals surface area (Å²) in [4.78, 5) is 16.4. The summed E-state index contributed by atoms with van der Waals surface area (Å²) in [5.41, 5.74) is 5.73. The molecular formula is C40H60Cl2N10O6S2. The summed E-state index contributed by atoms with van der Waals surface area (Å²) in [6.45, 7) is 17.3. The van der Waals surface area contributed by atoms with Crippen LogP contribution >= 0.6 is 23.2 Å². The van der Waals surface area contributed by atoms with Gasteiger partial charge < -0.3 is 19.9 Å². The molecule has 0 fully saturated rings. The number of benzene rings is 2. The first kappa shape index (κ1) is 51.9. The molecule has 16 nitrogen and oxygen atoms in total. The molecule has 2 aromatic heterocycles. The van der Waals surface area contributed by atoms with Crippen molar-refractivity contribution in [2.24, 2.45) is 19.2 Å². The first-order chi connectivity index (χ1) is 27.6. The van der Waals surface area contributed by atoms with Crippen LogP contribution in [0.25, 0.3) is 0 Å². The number of halogens is 2. The predicted octanol–water partition coefficient (Wildman–Crippen LogP) is 7.47. The number of aryl methyl sites for hydroxylation is 2.